The van der Waals surface area contributed by atoms with Gasteiger partial charge in [0, 0.05) is 6.42 Å². The largest absolute Gasteiger partial charge is 0.368 e. The van der Waals surface area contributed by atoms with Crippen molar-refractivity contribution in [1.82, 2.24) is 10.2 Å². The maximum Gasteiger partial charge on any atom is 0.260 e. The molecule has 0 bridgehead atoms. The maximum atomic E-state index is 13.1. The van der Waals surface area contributed by atoms with E-state index in [2.05, 4.69) is 5.32 Å². The van der Waals surface area contributed by atoms with Gasteiger partial charge in [0.15, 0.2) is 0 Å². The minimum absolute atomic E-state index is 0.0554. The molecule has 1 aliphatic heterocycles. The van der Waals surface area contributed by atoms with Gasteiger partial charge in [0.25, 0.3) is 5.92 Å². The van der Waals surface area contributed by atoms with Crippen molar-refractivity contribution in [2.75, 3.05) is 19.6 Å². The molecular weight excluding hydrogens is 244 g/mol. The smallest absolute Gasteiger partial charge is 0.260 e. The molecule has 1 rings (SSSR count). The average Bonchev–Trinajstić information content (AvgIpc) is 2.26. The molecule has 104 valence electrons. The Kier molecular flexibility index (Phi) is 5.46. The molecule has 0 radical (unpaired) electrons. The number of piperidine rings is 1. The molecule has 5 nitrogen and oxygen atoms in total. The first-order valence-electron chi connectivity index (χ1n) is 6.04. The summed E-state index contributed by atoms with van der Waals surface area (Å²) in [5.74, 6) is -3.21. The average molecular weight is 263 g/mol. The molecule has 2 amide bonds. The van der Waals surface area contributed by atoms with Crippen LogP contribution in [-0.4, -0.2) is 48.8 Å². The van der Waals surface area contributed by atoms with Crippen molar-refractivity contribution in [3.63, 3.8) is 0 Å². The molecule has 0 aromatic rings. The Balaban J connectivity index is 2.27. The van der Waals surface area contributed by atoms with Crippen LogP contribution in [0.5, 0.6) is 0 Å². The van der Waals surface area contributed by atoms with Crippen LogP contribution in [0.1, 0.15) is 25.7 Å². The number of rotatable bonds is 7. The first kappa shape index (κ1) is 14.8. The van der Waals surface area contributed by atoms with Gasteiger partial charge >= 0.3 is 0 Å². The summed E-state index contributed by atoms with van der Waals surface area (Å²) in [5, 5.41) is 2.31. The fourth-order valence-electron chi connectivity index (χ4n) is 2.15. The van der Waals surface area contributed by atoms with Crippen molar-refractivity contribution in [2.45, 2.75) is 37.6 Å². The highest BCUT2D eigenvalue weighted by Gasteiger charge is 2.34. The van der Waals surface area contributed by atoms with Crippen LogP contribution in [0.3, 0.4) is 0 Å². The van der Waals surface area contributed by atoms with Gasteiger partial charge in [-0.1, -0.05) is 0 Å². The van der Waals surface area contributed by atoms with Gasteiger partial charge in [-0.25, -0.2) is 8.78 Å². The molecule has 1 saturated heterocycles. The van der Waals surface area contributed by atoms with E-state index in [0.717, 1.165) is 0 Å². The Morgan fingerprint density at radius 1 is 1.56 bits per heavy atom. The third kappa shape index (κ3) is 4.95. The highest BCUT2D eigenvalue weighted by molar-refractivity contribution is 5.81. The number of nitrogens with zero attached hydrogens (tertiary/aromatic N) is 1. The Hall–Kier alpha value is -1.24. The van der Waals surface area contributed by atoms with E-state index in [1.54, 1.807) is 4.90 Å². The van der Waals surface area contributed by atoms with Gasteiger partial charge < -0.3 is 11.1 Å². The van der Waals surface area contributed by atoms with Crippen molar-refractivity contribution in [3.05, 3.63) is 0 Å². The summed E-state index contributed by atoms with van der Waals surface area (Å²) in [6.45, 7) is 0.910. The molecule has 0 saturated carbocycles. The Morgan fingerprint density at radius 3 is 2.83 bits per heavy atom. The molecule has 0 spiro atoms. The van der Waals surface area contributed by atoms with Crippen molar-refractivity contribution >= 4 is 12.3 Å². The van der Waals surface area contributed by atoms with Crippen LogP contribution >= 0.6 is 0 Å². The van der Waals surface area contributed by atoms with Crippen molar-refractivity contribution in [2.24, 2.45) is 5.73 Å². The summed E-state index contributed by atoms with van der Waals surface area (Å²) >= 11 is 0. The van der Waals surface area contributed by atoms with Crippen LogP contribution in [0.25, 0.3) is 0 Å². The minimum Gasteiger partial charge on any atom is -0.368 e. The lowest BCUT2D eigenvalue weighted by molar-refractivity contribution is -0.122. The standard InChI is InChI=1S/C11H19F2N3O2/c12-11(13)4-2-6-16(7-11)5-1-3-9(10(14)18)15-8-17/h8-9H,1-7H2,(H2,14,18)(H,15,17). The van der Waals surface area contributed by atoms with E-state index in [9.17, 15) is 18.4 Å². The molecule has 7 heteroatoms. The number of alkyl halides is 2. The molecule has 18 heavy (non-hydrogen) atoms. The number of nitrogens with one attached hydrogen (secondary N) is 1. The molecule has 1 unspecified atom stereocenters. The molecular formula is C11H19F2N3O2. The number of carbonyl (C=O) groups is 2. The first-order valence-corrected chi connectivity index (χ1v) is 6.04. The van der Waals surface area contributed by atoms with Crippen LogP contribution in [0.2, 0.25) is 0 Å². The SMILES string of the molecule is NC(=O)C(CCCN1CCCC(F)(F)C1)NC=O. The van der Waals surface area contributed by atoms with E-state index < -0.39 is 17.9 Å². The number of hydrogen-bond donors (Lipinski definition) is 2. The van der Waals surface area contributed by atoms with Crippen LogP contribution in [0.15, 0.2) is 0 Å². The molecule has 1 aliphatic rings. The van der Waals surface area contributed by atoms with E-state index in [1.165, 1.54) is 0 Å². The minimum atomic E-state index is -2.61. The van der Waals surface area contributed by atoms with Gasteiger partial charge in [0.2, 0.25) is 12.3 Å². The number of likely N-dealkylation sites (tertiary alicyclic amines) is 1. The molecule has 0 aromatic carbocycles. The van der Waals surface area contributed by atoms with Gasteiger partial charge in [0.1, 0.15) is 6.04 Å². The van der Waals surface area contributed by atoms with Gasteiger partial charge in [0.05, 0.1) is 6.54 Å². The van der Waals surface area contributed by atoms with Crippen LogP contribution in [-0.2, 0) is 9.59 Å². The fourth-order valence-corrected chi connectivity index (χ4v) is 2.15. The molecule has 3 N–H and O–H groups in total. The second-order valence-electron chi connectivity index (χ2n) is 4.62. The number of amides is 2. The third-order valence-corrected chi connectivity index (χ3v) is 3.05. The highest BCUT2D eigenvalue weighted by atomic mass is 19.3. The van der Waals surface area contributed by atoms with Gasteiger partial charge in [-0.2, -0.15) is 0 Å². The van der Waals surface area contributed by atoms with E-state index in [1.807, 2.05) is 0 Å². The number of primary amides is 1. The second-order valence-corrected chi connectivity index (χ2v) is 4.62. The topological polar surface area (TPSA) is 75.4 Å². The number of carbonyl (C=O) groups excluding carboxylic acids is 2. The van der Waals surface area contributed by atoms with Gasteiger partial charge in [-0.3, -0.25) is 14.5 Å². The summed E-state index contributed by atoms with van der Waals surface area (Å²) in [6, 6.07) is -0.715. The predicted octanol–water partition coefficient (Wildman–Crippen LogP) is 0.0976. The highest BCUT2D eigenvalue weighted by Crippen LogP contribution is 2.26. The lowest BCUT2D eigenvalue weighted by Crippen LogP contribution is -2.44. The van der Waals surface area contributed by atoms with E-state index in [-0.39, 0.29) is 13.0 Å². The first-order chi connectivity index (χ1) is 8.44. The summed E-state index contributed by atoms with van der Waals surface area (Å²) in [7, 11) is 0. The monoisotopic (exact) mass is 263 g/mol. The lowest BCUT2D eigenvalue weighted by Gasteiger charge is -2.32. The zero-order valence-electron chi connectivity index (χ0n) is 10.2. The van der Waals surface area contributed by atoms with E-state index in [4.69, 9.17) is 5.73 Å². The quantitative estimate of drug-likeness (QED) is 0.640. The maximum absolute atomic E-state index is 13.1. The molecule has 1 atom stereocenters. The van der Waals surface area contributed by atoms with Crippen LogP contribution in [0, 0.1) is 0 Å². The predicted molar refractivity (Wildman–Crippen MR) is 62.0 cm³/mol. The molecule has 0 aliphatic carbocycles. The zero-order chi connectivity index (χ0) is 13.6. The molecule has 1 fully saturated rings. The van der Waals surface area contributed by atoms with E-state index >= 15 is 0 Å². The summed E-state index contributed by atoms with van der Waals surface area (Å²) in [5.41, 5.74) is 5.09. The zero-order valence-corrected chi connectivity index (χ0v) is 10.2. The summed E-state index contributed by atoms with van der Waals surface area (Å²) < 4.78 is 26.2. The second kappa shape index (κ2) is 6.63. The summed E-state index contributed by atoms with van der Waals surface area (Å²) in [6.07, 6.45) is 1.77. The van der Waals surface area contributed by atoms with Gasteiger partial charge in [-0.05, 0) is 32.4 Å². The summed E-state index contributed by atoms with van der Waals surface area (Å²) in [4.78, 5) is 22.9. The fraction of sp³-hybridized carbons (Fsp3) is 0.818. The van der Waals surface area contributed by atoms with Gasteiger partial charge in [-0.15, -0.1) is 0 Å². The van der Waals surface area contributed by atoms with E-state index in [0.29, 0.717) is 38.8 Å². The normalized spacial score (nSPS) is 21.2. The van der Waals surface area contributed by atoms with Crippen molar-refractivity contribution in [3.8, 4) is 0 Å². The lowest BCUT2D eigenvalue weighted by atomic mass is 10.1. The molecule has 1 heterocycles. The number of halogens is 2. The van der Waals surface area contributed by atoms with Crippen molar-refractivity contribution in [1.29, 1.82) is 0 Å². The van der Waals surface area contributed by atoms with Crippen LogP contribution in [0.4, 0.5) is 8.78 Å². The third-order valence-electron chi connectivity index (χ3n) is 3.05. The Labute approximate surface area is 105 Å². The Bertz CT molecular complexity index is 300. The Morgan fingerprint density at radius 2 is 2.28 bits per heavy atom. The number of nitrogens with two attached hydrogens (primary N) is 1. The van der Waals surface area contributed by atoms with Crippen molar-refractivity contribution < 1.29 is 18.4 Å². The molecule has 0 aromatic heterocycles. The van der Waals surface area contributed by atoms with Crippen LogP contribution < -0.4 is 11.1 Å². The number of hydrogen-bond acceptors (Lipinski definition) is 3.